The first-order chi connectivity index (χ1) is 13.0. The standard InChI is InChI=1S/C9H14FO4.3C4H9.Sn/c1-11-5-7-9(13-3)8(12-2)6(10)4-14-7;3*1-3-4-2;/h7-9H,5H2,1-3H3;3*1,3-4H2,2H3;/t7-,8-,9-;;;;/m1..../s1. The van der Waals surface area contributed by atoms with Gasteiger partial charge in [-0.2, -0.15) is 0 Å². The van der Waals surface area contributed by atoms with E-state index in [-0.39, 0.29) is 11.9 Å². The Bertz CT molecular complexity index is 422. The third-order valence-corrected chi connectivity index (χ3v) is 20.8. The normalized spacial score (nSPS) is 23.6. The maximum atomic E-state index is 15.7. The van der Waals surface area contributed by atoms with Crippen molar-refractivity contribution in [1.82, 2.24) is 0 Å². The van der Waals surface area contributed by atoms with Crippen molar-refractivity contribution in [2.75, 3.05) is 27.9 Å². The van der Waals surface area contributed by atoms with Gasteiger partial charge in [-0.25, -0.2) is 0 Å². The zero-order valence-electron chi connectivity index (χ0n) is 18.3. The SMILES string of the molecule is CCC[CH2][Sn]([CH2]CCC)([CH2]CCC)[C]1=C(F)[C@@H](OC)[C@H](OC)[C@@H](COC)O1. The molecular formula is C21H41FO4Sn. The summed E-state index contributed by atoms with van der Waals surface area (Å²) >= 11 is -3.04. The Morgan fingerprint density at radius 1 is 0.889 bits per heavy atom. The summed E-state index contributed by atoms with van der Waals surface area (Å²) in [5, 5.41) is 0. The van der Waals surface area contributed by atoms with E-state index in [0.29, 0.717) is 10.4 Å². The van der Waals surface area contributed by atoms with Crippen LogP contribution in [0.2, 0.25) is 13.3 Å². The van der Waals surface area contributed by atoms with Gasteiger partial charge >= 0.3 is 170 Å². The summed E-state index contributed by atoms with van der Waals surface area (Å²) in [7, 11) is 4.79. The second kappa shape index (κ2) is 13.4. The van der Waals surface area contributed by atoms with Crippen molar-refractivity contribution in [3.63, 3.8) is 0 Å². The van der Waals surface area contributed by atoms with Gasteiger partial charge in [-0.05, 0) is 0 Å². The van der Waals surface area contributed by atoms with Crippen LogP contribution in [0.5, 0.6) is 0 Å². The molecule has 27 heavy (non-hydrogen) atoms. The zero-order valence-corrected chi connectivity index (χ0v) is 21.2. The molecule has 1 aliphatic rings. The number of rotatable bonds is 14. The van der Waals surface area contributed by atoms with Crippen LogP contribution >= 0.6 is 0 Å². The van der Waals surface area contributed by atoms with E-state index in [1.807, 2.05) is 0 Å². The average molecular weight is 495 g/mol. The van der Waals surface area contributed by atoms with E-state index in [1.165, 1.54) is 0 Å². The maximum absolute atomic E-state index is 15.7. The quantitative estimate of drug-likeness (QED) is 0.293. The van der Waals surface area contributed by atoms with Gasteiger partial charge in [-0.3, -0.25) is 0 Å². The first kappa shape index (κ1) is 25.2. The topological polar surface area (TPSA) is 36.9 Å². The van der Waals surface area contributed by atoms with Gasteiger partial charge in [0, 0.05) is 0 Å². The van der Waals surface area contributed by atoms with E-state index in [1.54, 1.807) is 21.3 Å². The minimum absolute atomic E-state index is 0.198. The predicted octanol–water partition coefficient (Wildman–Crippen LogP) is 5.63. The molecule has 1 rings (SSSR count). The molecule has 0 saturated carbocycles. The van der Waals surface area contributed by atoms with Gasteiger partial charge in [-0.15, -0.1) is 0 Å². The van der Waals surface area contributed by atoms with Gasteiger partial charge in [0.05, 0.1) is 0 Å². The summed E-state index contributed by atoms with van der Waals surface area (Å²) in [6, 6.07) is 0. The van der Waals surface area contributed by atoms with Crippen molar-refractivity contribution in [3.8, 4) is 0 Å². The molecule has 0 radical (unpaired) electrons. The Morgan fingerprint density at radius 2 is 1.41 bits per heavy atom. The molecule has 0 aromatic heterocycles. The Kier molecular flexibility index (Phi) is 12.5. The first-order valence-electron chi connectivity index (χ1n) is 10.7. The fraction of sp³-hybridized carbons (Fsp3) is 0.905. The summed E-state index contributed by atoms with van der Waals surface area (Å²) in [4.78, 5) is 0. The van der Waals surface area contributed by atoms with Crippen molar-refractivity contribution >= 4 is 18.4 Å². The van der Waals surface area contributed by atoms with Crippen molar-refractivity contribution < 1.29 is 23.3 Å². The molecule has 0 unspecified atom stereocenters. The third kappa shape index (κ3) is 6.58. The summed E-state index contributed by atoms with van der Waals surface area (Å²) in [5.41, 5.74) is 0. The average Bonchev–Trinajstić information content (AvgIpc) is 2.68. The molecule has 0 saturated heterocycles. The van der Waals surface area contributed by atoms with Crippen molar-refractivity contribution in [2.24, 2.45) is 0 Å². The van der Waals surface area contributed by atoms with Gasteiger partial charge in [0.1, 0.15) is 0 Å². The van der Waals surface area contributed by atoms with Gasteiger partial charge in [0.15, 0.2) is 0 Å². The fourth-order valence-electron chi connectivity index (χ4n) is 4.19. The van der Waals surface area contributed by atoms with E-state index in [2.05, 4.69) is 20.8 Å². The molecule has 0 amide bonds. The van der Waals surface area contributed by atoms with Crippen LogP contribution in [-0.2, 0) is 18.9 Å². The Morgan fingerprint density at radius 3 is 1.78 bits per heavy atom. The molecule has 0 N–H and O–H groups in total. The molecule has 3 atom stereocenters. The number of hydrogen-bond donors (Lipinski definition) is 0. The molecule has 0 aromatic rings. The van der Waals surface area contributed by atoms with Crippen LogP contribution in [0.3, 0.4) is 0 Å². The molecular weight excluding hydrogens is 454 g/mol. The summed E-state index contributed by atoms with van der Waals surface area (Å²) < 4.78 is 42.8. The van der Waals surface area contributed by atoms with Crippen LogP contribution in [0.15, 0.2) is 9.60 Å². The summed E-state index contributed by atoms with van der Waals surface area (Å²) in [5.74, 6) is -0.198. The molecule has 160 valence electrons. The van der Waals surface area contributed by atoms with E-state index < -0.39 is 30.6 Å². The first-order valence-corrected chi connectivity index (χ1v) is 18.1. The van der Waals surface area contributed by atoms with Crippen LogP contribution in [0, 0.1) is 0 Å². The minimum atomic E-state index is -3.04. The Labute approximate surface area is 170 Å². The number of unbranched alkanes of at least 4 members (excludes halogenated alkanes) is 3. The monoisotopic (exact) mass is 496 g/mol. The second-order valence-corrected chi connectivity index (χ2v) is 20.6. The number of hydrogen-bond acceptors (Lipinski definition) is 4. The Hall–Kier alpha value is 0.149. The van der Waals surface area contributed by atoms with Crippen LogP contribution in [0.25, 0.3) is 0 Å². The molecule has 6 heteroatoms. The molecule has 0 spiro atoms. The number of methoxy groups -OCH3 is 3. The fourth-order valence-corrected chi connectivity index (χ4v) is 20.1. The van der Waals surface area contributed by atoms with E-state index in [4.69, 9.17) is 18.9 Å². The predicted molar refractivity (Wildman–Crippen MR) is 111 cm³/mol. The number of ether oxygens (including phenoxy) is 4. The van der Waals surface area contributed by atoms with Crippen molar-refractivity contribution in [1.29, 1.82) is 0 Å². The molecule has 1 aliphatic heterocycles. The van der Waals surface area contributed by atoms with Crippen LogP contribution < -0.4 is 0 Å². The second-order valence-electron chi connectivity index (χ2n) is 7.74. The summed E-state index contributed by atoms with van der Waals surface area (Å²) in [6.45, 7) is 7.03. The van der Waals surface area contributed by atoms with Gasteiger partial charge in [0.25, 0.3) is 0 Å². The van der Waals surface area contributed by atoms with Crippen LogP contribution in [0.4, 0.5) is 4.39 Å². The van der Waals surface area contributed by atoms with Gasteiger partial charge in [0.2, 0.25) is 0 Å². The van der Waals surface area contributed by atoms with E-state index in [0.717, 1.165) is 51.8 Å². The van der Waals surface area contributed by atoms with Crippen LogP contribution in [0.1, 0.15) is 59.3 Å². The van der Waals surface area contributed by atoms with Crippen molar-refractivity contribution in [3.05, 3.63) is 9.60 Å². The molecule has 1 heterocycles. The zero-order chi connectivity index (χ0) is 20.3. The van der Waals surface area contributed by atoms with Crippen LogP contribution in [-0.4, -0.2) is 64.6 Å². The molecule has 0 bridgehead atoms. The van der Waals surface area contributed by atoms with Crippen molar-refractivity contribution in [2.45, 2.75) is 90.9 Å². The third-order valence-electron chi connectivity index (χ3n) is 5.77. The van der Waals surface area contributed by atoms with E-state index >= 15 is 4.39 Å². The van der Waals surface area contributed by atoms with Gasteiger partial charge in [-0.1, -0.05) is 0 Å². The van der Waals surface area contributed by atoms with Gasteiger partial charge < -0.3 is 0 Å². The van der Waals surface area contributed by atoms with E-state index in [9.17, 15) is 0 Å². The molecule has 4 nitrogen and oxygen atoms in total. The number of halogens is 1. The molecule has 0 aromatic carbocycles. The molecule has 0 fully saturated rings. The molecule has 0 aliphatic carbocycles. The summed E-state index contributed by atoms with van der Waals surface area (Å²) in [6.07, 6.45) is 5.40. The Balaban J connectivity index is 3.38.